The molecular weight excluding hydrogens is 208 g/mol. The van der Waals surface area contributed by atoms with Gasteiger partial charge >= 0.3 is 0 Å². The lowest BCUT2D eigenvalue weighted by atomic mass is 9.76. The van der Waals surface area contributed by atoms with Gasteiger partial charge in [0.05, 0.1) is 0 Å². The summed E-state index contributed by atoms with van der Waals surface area (Å²) in [4.78, 5) is 2.75. The molecule has 4 unspecified atom stereocenters. The highest BCUT2D eigenvalue weighted by atomic mass is 15.2. The number of hydrogen-bond acceptors (Lipinski definition) is 2. The van der Waals surface area contributed by atoms with Gasteiger partial charge < -0.3 is 5.73 Å². The third kappa shape index (κ3) is 3.23. The van der Waals surface area contributed by atoms with Gasteiger partial charge in [-0.3, -0.25) is 4.90 Å². The molecule has 0 radical (unpaired) electrons. The minimum absolute atomic E-state index is 0.772. The fraction of sp³-hybridized carbons (Fsp3) is 1.00. The summed E-state index contributed by atoms with van der Waals surface area (Å²) in [6.45, 7) is 8.25. The molecule has 1 saturated carbocycles. The van der Waals surface area contributed by atoms with Crippen LogP contribution in [-0.2, 0) is 0 Å². The maximum absolute atomic E-state index is 5.99. The molecule has 1 heterocycles. The Bertz CT molecular complexity index is 229. The normalized spacial score (nSPS) is 39.7. The first-order valence-corrected chi connectivity index (χ1v) is 7.68. The summed E-state index contributed by atoms with van der Waals surface area (Å²) >= 11 is 0. The molecule has 2 aliphatic rings. The van der Waals surface area contributed by atoms with E-state index < -0.39 is 0 Å². The Morgan fingerprint density at radius 1 is 1.24 bits per heavy atom. The van der Waals surface area contributed by atoms with Crippen molar-refractivity contribution in [3.63, 3.8) is 0 Å². The largest absolute Gasteiger partial charge is 0.330 e. The highest BCUT2D eigenvalue weighted by Gasteiger charge is 2.35. The summed E-state index contributed by atoms with van der Waals surface area (Å²) < 4.78 is 0. The summed E-state index contributed by atoms with van der Waals surface area (Å²) in [6, 6.07) is 0.801. The number of hydrogen-bond donors (Lipinski definition) is 1. The van der Waals surface area contributed by atoms with E-state index in [0.717, 1.165) is 30.3 Å². The van der Waals surface area contributed by atoms with Crippen LogP contribution in [0.3, 0.4) is 0 Å². The lowest BCUT2D eigenvalue weighted by molar-refractivity contribution is 0.0961. The predicted octanol–water partition coefficient (Wildman–Crippen LogP) is 2.87. The van der Waals surface area contributed by atoms with Gasteiger partial charge in [-0.05, 0) is 50.1 Å². The SMILES string of the molecule is CCCC1CCC(CN)C(N2CCC(C)C2)C1. The molecular formula is C15H30N2. The van der Waals surface area contributed by atoms with Gasteiger partial charge in [0.25, 0.3) is 0 Å². The molecule has 0 amide bonds. The third-order valence-electron chi connectivity index (χ3n) is 4.99. The van der Waals surface area contributed by atoms with E-state index >= 15 is 0 Å². The Morgan fingerprint density at radius 2 is 2.06 bits per heavy atom. The van der Waals surface area contributed by atoms with Crippen molar-refractivity contribution >= 4 is 0 Å². The quantitative estimate of drug-likeness (QED) is 0.816. The summed E-state index contributed by atoms with van der Waals surface area (Å²) in [5.41, 5.74) is 5.99. The van der Waals surface area contributed by atoms with Crippen molar-refractivity contribution in [1.82, 2.24) is 4.90 Å². The van der Waals surface area contributed by atoms with E-state index in [0.29, 0.717) is 0 Å². The first-order chi connectivity index (χ1) is 8.24. The fourth-order valence-electron chi connectivity index (χ4n) is 3.96. The molecule has 2 fully saturated rings. The molecule has 2 rings (SSSR count). The minimum atomic E-state index is 0.772. The van der Waals surface area contributed by atoms with Gasteiger partial charge in [0.1, 0.15) is 0 Å². The third-order valence-corrected chi connectivity index (χ3v) is 4.99. The van der Waals surface area contributed by atoms with Crippen LogP contribution < -0.4 is 5.73 Å². The molecule has 0 aromatic carbocycles. The van der Waals surface area contributed by atoms with Crippen molar-refractivity contribution in [2.24, 2.45) is 23.5 Å². The molecule has 4 atom stereocenters. The van der Waals surface area contributed by atoms with Gasteiger partial charge in [-0.25, -0.2) is 0 Å². The van der Waals surface area contributed by atoms with E-state index in [1.807, 2.05) is 0 Å². The van der Waals surface area contributed by atoms with E-state index in [-0.39, 0.29) is 0 Å². The second kappa shape index (κ2) is 6.19. The molecule has 0 aromatic rings. The molecule has 2 heteroatoms. The van der Waals surface area contributed by atoms with Gasteiger partial charge in [0.2, 0.25) is 0 Å². The van der Waals surface area contributed by atoms with Crippen molar-refractivity contribution < 1.29 is 0 Å². The van der Waals surface area contributed by atoms with Crippen molar-refractivity contribution in [2.75, 3.05) is 19.6 Å². The molecule has 0 spiro atoms. The monoisotopic (exact) mass is 238 g/mol. The summed E-state index contributed by atoms with van der Waals surface area (Å²) in [6.07, 6.45) is 8.39. The number of nitrogens with two attached hydrogens (primary N) is 1. The Balaban J connectivity index is 1.94. The Hall–Kier alpha value is -0.0800. The summed E-state index contributed by atoms with van der Waals surface area (Å²) in [5, 5.41) is 0. The fourth-order valence-corrected chi connectivity index (χ4v) is 3.96. The van der Waals surface area contributed by atoms with E-state index in [4.69, 9.17) is 5.73 Å². The van der Waals surface area contributed by atoms with Gasteiger partial charge in [-0.1, -0.05) is 33.1 Å². The highest BCUT2D eigenvalue weighted by molar-refractivity contribution is 4.90. The summed E-state index contributed by atoms with van der Waals surface area (Å²) in [5.74, 6) is 2.65. The van der Waals surface area contributed by atoms with Crippen LogP contribution in [0.1, 0.15) is 52.4 Å². The van der Waals surface area contributed by atoms with Gasteiger partial charge in [0.15, 0.2) is 0 Å². The zero-order valence-electron chi connectivity index (χ0n) is 11.7. The van der Waals surface area contributed by atoms with E-state index in [2.05, 4.69) is 18.7 Å². The topological polar surface area (TPSA) is 29.3 Å². The lowest BCUT2D eigenvalue weighted by Gasteiger charge is -2.41. The number of likely N-dealkylation sites (tertiary alicyclic amines) is 1. The highest BCUT2D eigenvalue weighted by Crippen LogP contribution is 2.36. The van der Waals surface area contributed by atoms with Crippen LogP contribution in [0, 0.1) is 17.8 Å². The zero-order chi connectivity index (χ0) is 12.3. The molecule has 1 saturated heterocycles. The standard InChI is InChI=1S/C15H30N2/c1-3-4-13-5-6-14(10-16)15(9-13)17-8-7-12(2)11-17/h12-15H,3-11,16H2,1-2H3. The Labute approximate surface area is 107 Å². The maximum Gasteiger partial charge on any atom is 0.0138 e. The van der Waals surface area contributed by atoms with Crippen LogP contribution >= 0.6 is 0 Å². The smallest absolute Gasteiger partial charge is 0.0138 e. The van der Waals surface area contributed by atoms with Gasteiger partial charge in [-0.2, -0.15) is 0 Å². The van der Waals surface area contributed by atoms with Crippen molar-refractivity contribution in [3.8, 4) is 0 Å². The van der Waals surface area contributed by atoms with Crippen LogP contribution in [-0.4, -0.2) is 30.6 Å². The molecule has 1 aliphatic heterocycles. The second-order valence-corrected chi connectivity index (χ2v) is 6.42. The molecule has 17 heavy (non-hydrogen) atoms. The zero-order valence-corrected chi connectivity index (χ0v) is 11.7. The first kappa shape index (κ1) is 13.4. The molecule has 100 valence electrons. The van der Waals surface area contributed by atoms with Crippen LogP contribution in [0.4, 0.5) is 0 Å². The first-order valence-electron chi connectivity index (χ1n) is 7.68. The number of nitrogens with zero attached hydrogens (tertiary/aromatic N) is 1. The van der Waals surface area contributed by atoms with Crippen LogP contribution in [0.5, 0.6) is 0 Å². The second-order valence-electron chi connectivity index (χ2n) is 6.42. The van der Waals surface area contributed by atoms with Crippen molar-refractivity contribution in [3.05, 3.63) is 0 Å². The minimum Gasteiger partial charge on any atom is -0.330 e. The Kier molecular flexibility index (Phi) is 4.87. The predicted molar refractivity (Wildman–Crippen MR) is 73.9 cm³/mol. The molecule has 0 bridgehead atoms. The van der Waals surface area contributed by atoms with E-state index in [9.17, 15) is 0 Å². The Morgan fingerprint density at radius 3 is 2.65 bits per heavy atom. The maximum atomic E-state index is 5.99. The molecule has 1 aliphatic carbocycles. The average Bonchev–Trinajstić information content (AvgIpc) is 2.76. The average molecular weight is 238 g/mol. The van der Waals surface area contributed by atoms with Crippen molar-refractivity contribution in [1.29, 1.82) is 0 Å². The van der Waals surface area contributed by atoms with Crippen molar-refractivity contribution in [2.45, 2.75) is 58.4 Å². The molecule has 2 nitrogen and oxygen atoms in total. The van der Waals surface area contributed by atoms with E-state index in [1.165, 1.54) is 51.6 Å². The lowest BCUT2D eigenvalue weighted by Crippen LogP contribution is -2.45. The number of rotatable bonds is 4. The van der Waals surface area contributed by atoms with Crippen LogP contribution in [0.25, 0.3) is 0 Å². The molecule has 0 aromatic heterocycles. The van der Waals surface area contributed by atoms with Gasteiger partial charge in [-0.15, -0.1) is 0 Å². The van der Waals surface area contributed by atoms with E-state index in [1.54, 1.807) is 0 Å². The summed E-state index contributed by atoms with van der Waals surface area (Å²) in [7, 11) is 0. The van der Waals surface area contributed by atoms with Gasteiger partial charge in [0, 0.05) is 12.6 Å². The molecule has 2 N–H and O–H groups in total. The van der Waals surface area contributed by atoms with Crippen LogP contribution in [0.15, 0.2) is 0 Å². The van der Waals surface area contributed by atoms with Crippen LogP contribution in [0.2, 0.25) is 0 Å².